The summed E-state index contributed by atoms with van der Waals surface area (Å²) in [5.74, 6) is 1.60. The molecule has 2 aliphatic carbocycles. The third-order valence-corrected chi connectivity index (χ3v) is 5.27. The van der Waals surface area contributed by atoms with Gasteiger partial charge in [-0.2, -0.15) is 0 Å². The summed E-state index contributed by atoms with van der Waals surface area (Å²) in [6.07, 6.45) is 9.07. The summed E-state index contributed by atoms with van der Waals surface area (Å²) in [5.41, 5.74) is 4.45. The lowest BCUT2D eigenvalue weighted by Crippen LogP contribution is -2.37. The summed E-state index contributed by atoms with van der Waals surface area (Å²) in [6, 6.07) is 13.9. The molecule has 2 unspecified atom stereocenters. The zero-order chi connectivity index (χ0) is 14.1. The van der Waals surface area contributed by atoms with Gasteiger partial charge in [0.1, 0.15) is 0 Å². The van der Waals surface area contributed by atoms with Crippen LogP contribution in [0.25, 0.3) is 0 Å². The molecule has 0 saturated heterocycles. The van der Waals surface area contributed by atoms with Gasteiger partial charge in [0, 0.05) is 25.0 Å². The molecule has 1 heterocycles. The summed E-state index contributed by atoms with van der Waals surface area (Å²) < 4.78 is 0. The van der Waals surface area contributed by atoms with Crippen molar-refractivity contribution in [2.45, 2.75) is 38.3 Å². The van der Waals surface area contributed by atoms with Crippen molar-refractivity contribution in [1.29, 1.82) is 0 Å². The van der Waals surface area contributed by atoms with Gasteiger partial charge in [-0.05, 0) is 60.3 Å². The first-order valence-electron chi connectivity index (χ1n) is 8.09. The second-order valence-electron chi connectivity index (χ2n) is 6.54. The van der Waals surface area contributed by atoms with Crippen LogP contribution in [0.15, 0.2) is 48.8 Å². The summed E-state index contributed by atoms with van der Waals surface area (Å²) >= 11 is 0. The second-order valence-corrected chi connectivity index (χ2v) is 6.54. The topological polar surface area (TPSA) is 24.9 Å². The Balaban J connectivity index is 1.50. The molecule has 2 aromatic rings. The maximum absolute atomic E-state index is 4.21. The summed E-state index contributed by atoms with van der Waals surface area (Å²) in [6.45, 7) is 0.946. The summed E-state index contributed by atoms with van der Waals surface area (Å²) in [7, 11) is 0. The minimum atomic E-state index is 0.664. The number of pyridine rings is 1. The number of benzene rings is 1. The molecule has 1 saturated carbocycles. The van der Waals surface area contributed by atoms with Crippen LogP contribution in [0, 0.1) is 11.8 Å². The van der Waals surface area contributed by atoms with Gasteiger partial charge in [-0.25, -0.2) is 0 Å². The quantitative estimate of drug-likeness (QED) is 0.931. The third kappa shape index (κ3) is 2.60. The SMILES string of the molecule is c1cncc(CNC2C3CCC2Cc2ccccc2C3)c1. The van der Waals surface area contributed by atoms with Gasteiger partial charge in [-0.15, -0.1) is 0 Å². The van der Waals surface area contributed by atoms with Crippen LogP contribution in [-0.2, 0) is 19.4 Å². The Morgan fingerprint density at radius 2 is 1.67 bits per heavy atom. The second kappa shape index (κ2) is 5.61. The zero-order valence-corrected chi connectivity index (χ0v) is 12.3. The van der Waals surface area contributed by atoms with Crippen LogP contribution in [0.3, 0.4) is 0 Å². The Kier molecular flexibility index (Phi) is 3.48. The molecule has 2 aliphatic rings. The van der Waals surface area contributed by atoms with E-state index in [1.54, 1.807) is 11.1 Å². The molecule has 1 N–H and O–H groups in total. The molecule has 2 nitrogen and oxygen atoms in total. The maximum Gasteiger partial charge on any atom is 0.0312 e. The van der Waals surface area contributed by atoms with Crippen molar-refractivity contribution in [1.82, 2.24) is 10.3 Å². The number of fused-ring (bicyclic) bond motifs is 3. The van der Waals surface area contributed by atoms with Crippen molar-refractivity contribution in [3.05, 3.63) is 65.5 Å². The van der Waals surface area contributed by atoms with Gasteiger partial charge >= 0.3 is 0 Å². The average Bonchev–Trinajstić information content (AvgIpc) is 2.80. The highest BCUT2D eigenvalue weighted by Gasteiger charge is 2.38. The molecule has 0 spiro atoms. The molecule has 0 aliphatic heterocycles. The number of aromatic nitrogens is 1. The van der Waals surface area contributed by atoms with E-state index >= 15 is 0 Å². The zero-order valence-electron chi connectivity index (χ0n) is 12.3. The first-order valence-corrected chi connectivity index (χ1v) is 8.09. The molecular formula is C19H22N2. The Morgan fingerprint density at radius 1 is 0.952 bits per heavy atom. The fourth-order valence-electron chi connectivity index (χ4n) is 4.22. The Morgan fingerprint density at radius 3 is 2.29 bits per heavy atom. The number of hydrogen-bond donors (Lipinski definition) is 1. The summed E-state index contributed by atoms with van der Waals surface area (Å²) in [4.78, 5) is 4.21. The van der Waals surface area contributed by atoms with E-state index in [4.69, 9.17) is 0 Å². The number of nitrogens with zero attached hydrogens (tertiary/aromatic N) is 1. The van der Waals surface area contributed by atoms with E-state index < -0.39 is 0 Å². The maximum atomic E-state index is 4.21. The number of hydrogen-bond acceptors (Lipinski definition) is 2. The molecule has 1 aromatic carbocycles. The molecule has 0 radical (unpaired) electrons. The average molecular weight is 278 g/mol. The monoisotopic (exact) mass is 278 g/mol. The van der Waals surface area contributed by atoms with Gasteiger partial charge in [-0.1, -0.05) is 30.3 Å². The highest BCUT2D eigenvalue weighted by molar-refractivity contribution is 5.31. The molecule has 2 bridgehead atoms. The normalized spacial score (nSPS) is 27.1. The molecule has 4 rings (SSSR count). The van der Waals surface area contributed by atoms with Gasteiger partial charge in [0.25, 0.3) is 0 Å². The van der Waals surface area contributed by atoms with Gasteiger partial charge in [0.15, 0.2) is 0 Å². The Labute approximate surface area is 126 Å². The molecule has 1 fully saturated rings. The van der Waals surface area contributed by atoms with Crippen LogP contribution in [0.4, 0.5) is 0 Å². The summed E-state index contributed by atoms with van der Waals surface area (Å²) in [5, 5.41) is 3.83. The first-order chi connectivity index (χ1) is 10.4. The van der Waals surface area contributed by atoms with E-state index in [1.807, 2.05) is 18.5 Å². The minimum Gasteiger partial charge on any atom is -0.309 e. The van der Waals surface area contributed by atoms with Crippen molar-refractivity contribution >= 4 is 0 Å². The molecular weight excluding hydrogens is 256 g/mol. The molecule has 21 heavy (non-hydrogen) atoms. The van der Waals surface area contributed by atoms with E-state index in [0.29, 0.717) is 6.04 Å². The van der Waals surface area contributed by atoms with E-state index in [0.717, 1.165) is 18.4 Å². The Bertz CT molecular complexity index is 575. The van der Waals surface area contributed by atoms with Crippen molar-refractivity contribution in [3.63, 3.8) is 0 Å². The lowest BCUT2D eigenvalue weighted by atomic mass is 9.94. The van der Waals surface area contributed by atoms with Crippen molar-refractivity contribution < 1.29 is 0 Å². The van der Waals surface area contributed by atoms with Crippen LogP contribution in [0.5, 0.6) is 0 Å². The van der Waals surface area contributed by atoms with Crippen LogP contribution >= 0.6 is 0 Å². The minimum absolute atomic E-state index is 0.664. The van der Waals surface area contributed by atoms with E-state index in [2.05, 4.69) is 40.6 Å². The predicted octanol–water partition coefficient (Wildman–Crippen LogP) is 3.36. The van der Waals surface area contributed by atoms with E-state index in [1.165, 1.54) is 31.2 Å². The van der Waals surface area contributed by atoms with Gasteiger partial charge in [0.2, 0.25) is 0 Å². The highest BCUT2D eigenvalue weighted by atomic mass is 14.9. The lowest BCUT2D eigenvalue weighted by Gasteiger charge is -2.23. The first kappa shape index (κ1) is 13.0. The van der Waals surface area contributed by atoms with Crippen molar-refractivity contribution in [2.24, 2.45) is 11.8 Å². The lowest BCUT2D eigenvalue weighted by molar-refractivity contribution is 0.340. The van der Waals surface area contributed by atoms with Gasteiger partial charge in [-0.3, -0.25) is 4.98 Å². The largest absolute Gasteiger partial charge is 0.309 e. The van der Waals surface area contributed by atoms with Crippen LogP contribution in [-0.4, -0.2) is 11.0 Å². The van der Waals surface area contributed by atoms with Crippen LogP contribution in [0.1, 0.15) is 29.5 Å². The third-order valence-electron chi connectivity index (χ3n) is 5.27. The number of rotatable bonds is 3. The predicted molar refractivity (Wildman–Crippen MR) is 84.9 cm³/mol. The Hall–Kier alpha value is -1.67. The molecule has 108 valence electrons. The van der Waals surface area contributed by atoms with Gasteiger partial charge < -0.3 is 5.32 Å². The van der Waals surface area contributed by atoms with Crippen molar-refractivity contribution in [3.8, 4) is 0 Å². The van der Waals surface area contributed by atoms with Crippen LogP contribution < -0.4 is 5.32 Å². The van der Waals surface area contributed by atoms with Crippen molar-refractivity contribution in [2.75, 3.05) is 0 Å². The van der Waals surface area contributed by atoms with E-state index in [9.17, 15) is 0 Å². The molecule has 2 heteroatoms. The fourth-order valence-corrected chi connectivity index (χ4v) is 4.22. The van der Waals surface area contributed by atoms with Crippen LogP contribution in [0.2, 0.25) is 0 Å². The smallest absolute Gasteiger partial charge is 0.0312 e. The fraction of sp³-hybridized carbons (Fsp3) is 0.421. The molecule has 2 atom stereocenters. The van der Waals surface area contributed by atoms with E-state index in [-0.39, 0.29) is 0 Å². The van der Waals surface area contributed by atoms with Gasteiger partial charge in [0.05, 0.1) is 0 Å². The molecule has 1 aromatic heterocycles. The highest BCUT2D eigenvalue weighted by Crippen LogP contribution is 2.40. The number of nitrogens with one attached hydrogen (secondary N) is 1. The standard InChI is InChI=1S/C19H22N2/c1-2-6-16-11-18-8-7-17(10-15(16)5-1)19(18)21-13-14-4-3-9-20-12-14/h1-6,9,12,17-19,21H,7-8,10-11,13H2. The molecule has 0 amide bonds.